The molecule has 0 N–H and O–H groups in total. The molecule has 1 aromatic heterocycles. The Kier molecular flexibility index (Phi) is 3.69. The zero-order chi connectivity index (χ0) is 9.84. The van der Waals surface area contributed by atoms with E-state index in [4.69, 9.17) is 11.6 Å². The van der Waals surface area contributed by atoms with Gasteiger partial charge >= 0.3 is 5.97 Å². The van der Waals surface area contributed by atoms with Crippen LogP contribution in [0.3, 0.4) is 0 Å². The van der Waals surface area contributed by atoms with Gasteiger partial charge in [-0.3, -0.25) is 0 Å². The Bertz CT molecular complexity index is 330. The molecule has 0 aliphatic heterocycles. The molecular formula is C8H7BrClNO2. The Hall–Kier alpha value is -0.610. The number of rotatable bonds is 2. The number of ether oxygens (including phenoxy) is 1. The molecule has 1 heterocycles. The van der Waals surface area contributed by atoms with Gasteiger partial charge in [0, 0.05) is 5.33 Å². The van der Waals surface area contributed by atoms with E-state index in [1.165, 1.54) is 7.11 Å². The first-order valence-electron chi connectivity index (χ1n) is 3.48. The number of hydrogen-bond donors (Lipinski definition) is 0. The van der Waals surface area contributed by atoms with Gasteiger partial charge in [-0.15, -0.1) is 0 Å². The largest absolute Gasteiger partial charge is 0.465 e. The van der Waals surface area contributed by atoms with E-state index < -0.39 is 5.97 Å². The third kappa shape index (κ3) is 2.42. The first-order valence-corrected chi connectivity index (χ1v) is 4.98. The lowest BCUT2D eigenvalue weighted by Crippen LogP contribution is -2.06. The van der Waals surface area contributed by atoms with Crippen LogP contribution in [0.15, 0.2) is 12.1 Å². The average molecular weight is 265 g/mol. The standard InChI is InChI=1S/C8H7BrClNO2/c1-13-8(12)5-2-3-7(10)11-6(5)4-9/h2-3H,4H2,1H3. The van der Waals surface area contributed by atoms with Gasteiger partial charge in [-0.05, 0) is 12.1 Å². The minimum Gasteiger partial charge on any atom is -0.465 e. The summed E-state index contributed by atoms with van der Waals surface area (Å²) in [4.78, 5) is 15.2. The Morgan fingerprint density at radius 3 is 2.92 bits per heavy atom. The van der Waals surface area contributed by atoms with Crippen molar-refractivity contribution in [2.75, 3.05) is 7.11 Å². The summed E-state index contributed by atoms with van der Waals surface area (Å²) in [6.07, 6.45) is 0. The van der Waals surface area contributed by atoms with Crippen LogP contribution < -0.4 is 0 Å². The molecule has 0 aliphatic rings. The van der Waals surface area contributed by atoms with Gasteiger partial charge in [0.25, 0.3) is 0 Å². The predicted octanol–water partition coefficient (Wildman–Crippen LogP) is 2.42. The summed E-state index contributed by atoms with van der Waals surface area (Å²) in [7, 11) is 1.33. The summed E-state index contributed by atoms with van der Waals surface area (Å²) in [5.41, 5.74) is 1.02. The number of carbonyl (C=O) groups is 1. The fourth-order valence-corrected chi connectivity index (χ4v) is 1.46. The summed E-state index contributed by atoms with van der Waals surface area (Å²) >= 11 is 8.87. The van der Waals surface area contributed by atoms with Crippen LogP contribution in [0.25, 0.3) is 0 Å². The molecular weight excluding hydrogens is 257 g/mol. The van der Waals surface area contributed by atoms with Crippen molar-refractivity contribution in [2.24, 2.45) is 0 Å². The number of nitrogens with zero attached hydrogens (tertiary/aromatic N) is 1. The maximum atomic E-state index is 11.2. The maximum Gasteiger partial charge on any atom is 0.339 e. The molecule has 5 heteroatoms. The summed E-state index contributed by atoms with van der Waals surface area (Å²) in [5, 5.41) is 0.833. The molecule has 13 heavy (non-hydrogen) atoms. The van der Waals surface area contributed by atoms with Gasteiger partial charge < -0.3 is 4.74 Å². The lowest BCUT2D eigenvalue weighted by atomic mass is 10.2. The fourth-order valence-electron chi connectivity index (χ4n) is 0.872. The van der Waals surface area contributed by atoms with Crippen LogP contribution in [0.2, 0.25) is 5.15 Å². The molecule has 3 nitrogen and oxygen atoms in total. The number of halogens is 2. The molecule has 1 rings (SSSR count). The van der Waals surface area contributed by atoms with Crippen molar-refractivity contribution in [3.05, 3.63) is 28.5 Å². The second-order valence-corrected chi connectivity index (χ2v) is 3.20. The molecule has 70 valence electrons. The average Bonchev–Trinajstić information content (AvgIpc) is 2.16. The molecule has 1 aromatic rings. The van der Waals surface area contributed by atoms with Crippen LogP contribution in [-0.2, 0) is 10.1 Å². The van der Waals surface area contributed by atoms with E-state index in [1.54, 1.807) is 12.1 Å². The van der Waals surface area contributed by atoms with E-state index in [0.29, 0.717) is 21.7 Å². The molecule has 0 radical (unpaired) electrons. The van der Waals surface area contributed by atoms with Crippen molar-refractivity contribution in [1.82, 2.24) is 4.98 Å². The number of alkyl halides is 1. The normalized spacial score (nSPS) is 9.77. The zero-order valence-corrected chi connectivity index (χ0v) is 9.22. The van der Waals surface area contributed by atoms with Gasteiger partial charge in [0.2, 0.25) is 0 Å². The first-order chi connectivity index (χ1) is 6.19. The number of hydrogen-bond acceptors (Lipinski definition) is 3. The van der Waals surface area contributed by atoms with Gasteiger partial charge in [-0.2, -0.15) is 0 Å². The lowest BCUT2D eigenvalue weighted by molar-refractivity contribution is 0.0599. The van der Waals surface area contributed by atoms with Crippen LogP contribution in [0.1, 0.15) is 16.1 Å². The van der Waals surface area contributed by atoms with E-state index in [2.05, 4.69) is 25.7 Å². The van der Waals surface area contributed by atoms with Crippen molar-refractivity contribution >= 4 is 33.5 Å². The van der Waals surface area contributed by atoms with Crippen molar-refractivity contribution < 1.29 is 9.53 Å². The van der Waals surface area contributed by atoms with Crippen molar-refractivity contribution in [1.29, 1.82) is 0 Å². The molecule has 0 fully saturated rings. The molecule has 0 aliphatic carbocycles. The van der Waals surface area contributed by atoms with E-state index in [9.17, 15) is 4.79 Å². The van der Waals surface area contributed by atoms with Crippen molar-refractivity contribution in [2.45, 2.75) is 5.33 Å². The van der Waals surface area contributed by atoms with E-state index in [1.807, 2.05) is 0 Å². The number of pyridine rings is 1. The predicted molar refractivity (Wildman–Crippen MR) is 53.2 cm³/mol. The fraction of sp³-hybridized carbons (Fsp3) is 0.250. The van der Waals surface area contributed by atoms with Gasteiger partial charge in [-0.1, -0.05) is 27.5 Å². The van der Waals surface area contributed by atoms with Crippen LogP contribution >= 0.6 is 27.5 Å². The van der Waals surface area contributed by atoms with Gasteiger partial charge in [0.05, 0.1) is 18.4 Å². The topological polar surface area (TPSA) is 39.2 Å². The number of aromatic nitrogens is 1. The highest BCUT2D eigenvalue weighted by atomic mass is 79.9. The summed E-state index contributed by atoms with van der Waals surface area (Å²) in [5.74, 6) is -0.404. The third-order valence-electron chi connectivity index (χ3n) is 1.47. The molecule has 0 atom stereocenters. The molecule has 0 saturated heterocycles. The van der Waals surface area contributed by atoms with Gasteiger partial charge in [0.1, 0.15) is 5.15 Å². The van der Waals surface area contributed by atoms with Gasteiger partial charge in [-0.25, -0.2) is 9.78 Å². The summed E-state index contributed by atoms with van der Waals surface area (Å²) < 4.78 is 4.58. The number of carbonyl (C=O) groups excluding carboxylic acids is 1. The Balaban J connectivity index is 3.13. The van der Waals surface area contributed by atoms with E-state index >= 15 is 0 Å². The monoisotopic (exact) mass is 263 g/mol. The smallest absolute Gasteiger partial charge is 0.339 e. The minimum atomic E-state index is -0.404. The molecule has 0 aromatic carbocycles. The highest BCUT2D eigenvalue weighted by Crippen LogP contribution is 2.15. The zero-order valence-electron chi connectivity index (χ0n) is 6.88. The first kappa shape index (κ1) is 10.5. The molecule has 0 saturated carbocycles. The highest BCUT2D eigenvalue weighted by molar-refractivity contribution is 9.08. The minimum absolute atomic E-state index is 0.363. The van der Waals surface area contributed by atoms with E-state index in [-0.39, 0.29) is 0 Å². The van der Waals surface area contributed by atoms with Gasteiger partial charge in [0.15, 0.2) is 0 Å². The van der Waals surface area contributed by atoms with Crippen molar-refractivity contribution in [3.8, 4) is 0 Å². The van der Waals surface area contributed by atoms with Crippen molar-refractivity contribution in [3.63, 3.8) is 0 Å². The lowest BCUT2D eigenvalue weighted by Gasteiger charge is -2.03. The highest BCUT2D eigenvalue weighted by Gasteiger charge is 2.12. The molecule has 0 bridgehead atoms. The molecule has 0 unspecified atom stereocenters. The Labute approximate surface area is 89.2 Å². The second kappa shape index (κ2) is 4.58. The maximum absolute atomic E-state index is 11.2. The molecule has 0 amide bonds. The Morgan fingerprint density at radius 1 is 1.69 bits per heavy atom. The quantitative estimate of drug-likeness (QED) is 0.468. The number of methoxy groups -OCH3 is 1. The van der Waals surface area contributed by atoms with Crippen LogP contribution in [0, 0.1) is 0 Å². The SMILES string of the molecule is COC(=O)c1ccc(Cl)nc1CBr. The number of esters is 1. The third-order valence-corrected chi connectivity index (χ3v) is 2.21. The summed E-state index contributed by atoms with van der Waals surface area (Å²) in [6.45, 7) is 0. The van der Waals surface area contributed by atoms with Crippen LogP contribution in [0.4, 0.5) is 0 Å². The van der Waals surface area contributed by atoms with Crippen LogP contribution in [0.5, 0.6) is 0 Å². The van der Waals surface area contributed by atoms with E-state index in [0.717, 1.165) is 0 Å². The Morgan fingerprint density at radius 2 is 2.38 bits per heavy atom. The molecule has 0 spiro atoms. The second-order valence-electron chi connectivity index (χ2n) is 2.25. The summed E-state index contributed by atoms with van der Waals surface area (Å²) in [6, 6.07) is 3.15. The van der Waals surface area contributed by atoms with Crippen LogP contribution in [-0.4, -0.2) is 18.1 Å².